The zero-order valence-electron chi connectivity index (χ0n) is 14.6. The lowest BCUT2D eigenvalue weighted by Crippen LogP contribution is -2.24. The first kappa shape index (κ1) is 17.9. The predicted molar refractivity (Wildman–Crippen MR) is 95.7 cm³/mol. The fourth-order valence-corrected chi connectivity index (χ4v) is 2.94. The summed E-state index contributed by atoms with van der Waals surface area (Å²) in [6.07, 6.45) is 0.792. The summed E-state index contributed by atoms with van der Waals surface area (Å²) in [6.45, 7) is 2.85. The minimum atomic E-state index is -0.674. The quantitative estimate of drug-likeness (QED) is 0.874. The van der Waals surface area contributed by atoms with E-state index >= 15 is 0 Å². The Labute approximate surface area is 150 Å². The van der Waals surface area contributed by atoms with Gasteiger partial charge in [-0.15, -0.1) is 0 Å². The lowest BCUT2D eigenvalue weighted by atomic mass is 10.0. The maximum absolute atomic E-state index is 12.5. The van der Waals surface area contributed by atoms with Crippen molar-refractivity contribution in [1.29, 1.82) is 0 Å². The van der Waals surface area contributed by atoms with E-state index in [1.165, 1.54) is 13.1 Å². The Balaban J connectivity index is 1.84. The van der Waals surface area contributed by atoms with Crippen LogP contribution in [0.25, 0.3) is 0 Å². The normalized spacial score (nSPS) is 16.3. The molecule has 1 atom stereocenters. The summed E-state index contributed by atoms with van der Waals surface area (Å²) in [5.41, 5.74) is 0.654. The smallest absolute Gasteiger partial charge is 0.349 e. The van der Waals surface area contributed by atoms with Crippen molar-refractivity contribution in [3.63, 3.8) is 0 Å². The number of carbonyl (C=O) groups is 2. The van der Waals surface area contributed by atoms with Gasteiger partial charge in [0.1, 0.15) is 11.3 Å². The number of benzene rings is 1. The maximum Gasteiger partial charge on any atom is 0.349 e. The molecular weight excluding hydrogens is 336 g/mol. The molecule has 7 nitrogen and oxygen atoms in total. The fourth-order valence-electron chi connectivity index (χ4n) is 2.94. The molecule has 1 unspecified atom stereocenters. The minimum absolute atomic E-state index is 0.0435. The number of hydrogen-bond donors (Lipinski definition) is 2. The van der Waals surface area contributed by atoms with Gasteiger partial charge in [0.25, 0.3) is 11.8 Å². The van der Waals surface area contributed by atoms with Gasteiger partial charge in [0, 0.05) is 30.8 Å². The predicted octanol–water partition coefficient (Wildman–Crippen LogP) is 2.06. The Morgan fingerprint density at radius 2 is 2.00 bits per heavy atom. The molecule has 2 aromatic rings. The number of ether oxygens (including phenoxy) is 1. The first-order valence-corrected chi connectivity index (χ1v) is 8.35. The highest BCUT2D eigenvalue weighted by Gasteiger charge is 2.24. The summed E-state index contributed by atoms with van der Waals surface area (Å²) >= 11 is 0. The highest BCUT2D eigenvalue weighted by atomic mass is 16.5. The molecule has 1 fully saturated rings. The minimum Gasteiger partial charge on any atom is -0.427 e. The molecule has 26 heavy (non-hydrogen) atoms. The molecule has 1 aliphatic rings. The van der Waals surface area contributed by atoms with Crippen molar-refractivity contribution in [3.8, 4) is 0 Å². The SMILES string of the molecule is CNC(=O)c1cccc(NC(=O)c2c(C)cc(C3CCOC3)oc2=O)c1. The number of amides is 2. The summed E-state index contributed by atoms with van der Waals surface area (Å²) in [5, 5.41) is 5.16. The van der Waals surface area contributed by atoms with Crippen LogP contribution in [0.15, 0.2) is 39.5 Å². The first-order valence-electron chi connectivity index (χ1n) is 8.35. The van der Waals surface area contributed by atoms with Gasteiger partial charge in [0.2, 0.25) is 0 Å². The molecule has 0 radical (unpaired) electrons. The van der Waals surface area contributed by atoms with Crippen molar-refractivity contribution in [3.05, 3.63) is 63.2 Å². The van der Waals surface area contributed by atoms with Crippen LogP contribution in [0.1, 0.15) is 44.4 Å². The number of rotatable bonds is 4. The van der Waals surface area contributed by atoms with Gasteiger partial charge in [0.15, 0.2) is 0 Å². The third kappa shape index (κ3) is 3.67. The van der Waals surface area contributed by atoms with Crippen molar-refractivity contribution in [1.82, 2.24) is 5.32 Å². The molecule has 0 spiro atoms. The molecular formula is C19H20N2O5. The molecule has 1 aliphatic heterocycles. The molecule has 2 N–H and O–H groups in total. The Morgan fingerprint density at radius 1 is 1.19 bits per heavy atom. The fraction of sp³-hybridized carbons (Fsp3) is 0.316. The van der Waals surface area contributed by atoms with E-state index in [0.29, 0.717) is 35.8 Å². The molecule has 2 heterocycles. The van der Waals surface area contributed by atoms with Gasteiger partial charge in [-0.2, -0.15) is 0 Å². The van der Waals surface area contributed by atoms with Crippen LogP contribution in [0.2, 0.25) is 0 Å². The van der Waals surface area contributed by atoms with Gasteiger partial charge < -0.3 is 19.8 Å². The van der Waals surface area contributed by atoms with Crippen molar-refractivity contribution >= 4 is 17.5 Å². The largest absolute Gasteiger partial charge is 0.427 e. The van der Waals surface area contributed by atoms with Crippen molar-refractivity contribution in [2.45, 2.75) is 19.3 Å². The van der Waals surface area contributed by atoms with E-state index in [1.807, 2.05) is 0 Å². The second kappa shape index (κ2) is 7.53. The van der Waals surface area contributed by atoms with Crippen molar-refractivity contribution in [2.75, 3.05) is 25.6 Å². The van der Waals surface area contributed by atoms with Crippen LogP contribution >= 0.6 is 0 Å². The lowest BCUT2D eigenvalue weighted by Gasteiger charge is -2.11. The average molecular weight is 356 g/mol. The van der Waals surface area contributed by atoms with E-state index in [0.717, 1.165) is 6.42 Å². The molecule has 0 bridgehead atoms. The molecule has 7 heteroatoms. The Bertz CT molecular complexity index is 897. The van der Waals surface area contributed by atoms with Crippen LogP contribution in [0.3, 0.4) is 0 Å². The second-order valence-corrected chi connectivity index (χ2v) is 6.17. The highest BCUT2D eigenvalue weighted by molar-refractivity contribution is 6.05. The van der Waals surface area contributed by atoms with Crippen LogP contribution in [0, 0.1) is 6.92 Å². The monoisotopic (exact) mass is 356 g/mol. The molecule has 0 aliphatic carbocycles. The van der Waals surface area contributed by atoms with Gasteiger partial charge in [-0.25, -0.2) is 4.79 Å². The topological polar surface area (TPSA) is 97.6 Å². The Kier molecular flexibility index (Phi) is 5.18. The van der Waals surface area contributed by atoms with Crippen LogP contribution in [0.5, 0.6) is 0 Å². The number of anilines is 1. The third-order valence-electron chi connectivity index (χ3n) is 4.34. The van der Waals surface area contributed by atoms with E-state index in [4.69, 9.17) is 9.15 Å². The van der Waals surface area contributed by atoms with Crippen LogP contribution in [0.4, 0.5) is 5.69 Å². The van der Waals surface area contributed by atoms with Gasteiger partial charge in [-0.3, -0.25) is 9.59 Å². The second-order valence-electron chi connectivity index (χ2n) is 6.17. The standard InChI is InChI=1S/C19H20N2O5/c1-11-8-15(13-6-7-25-10-13)26-19(24)16(11)18(23)21-14-5-3-4-12(9-14)17(22)20-2/h3-5,8-9,13H,6-7,10H2,1-2H3,(H,20,22)(H,21,23). The summed E-state index contributed by atoms with van der Waals surface area (Å²) in [6, 6.07) is 8.19. The van der Waals surface area contributed by atoms with Gasteiger partial charge in [0.05, 0.1) is 6.61 Å². The molecule has 1 aromatic carbocycles. The van der Waals surface area contributed by atoms with Gasteiger partial charge in [-0.1, -0.05) is 6.07 Å². The average Bonchev–Trinajstić information content (AvgIpc) is 3.15. The molecule has 1 saturated heterocycles. The number of aryl methyl sites for hydroxylation is 1. The van der Waals surface area contributed by atoms with Crippen LogP contribution in [-0.4, -0.2) is 32.1 Å². The number of hydrogen-bond acceptors (Lipinski definition) is 5. The highest BCUT2D eigenvalue weighted by Crippen LogP contribution is 2.25. The number of carbonyl (C=O) groups excluding carboxylic acids is 2. The van der Waals surface area contributed by atoms with E-state index < -0.39 is 11.5 Å². The van der Waals surface area contributed by atoms with Crippen molar-refractivity contribution < 1.29 is 18.7 Å². The Hall–Kier alpha value is -2.93. The maximum atomic E-state index is 12.5. The molecule has 2 amide bonds. The third-order valence-corrected chi connectivity index (χ3v) is 4.34. The summed E-state index contributed by atoms with van der Waals surface area (Å²) in [5.74, 6) is -0.245. The van der Waals surface area contributed by atoms with E-state index in [-0.39, 0.29) is 17.4 Å². The van der Waals surface area contributed by atoms with E-state index in [9.17, 15) is 14.4 Å². The van der Waals surface area contributed by atoms with Gasteiger partial charge >= 0.3 is 5.63 Å². The summed E-state index contributed by atoms with van der Waals surface area (Å²) < 4.78 is 10.7. The van der Waals surface area contributed by atoms with Crippen LogP contribution in [-0.2, 0) is 4.74 Å². The van der Waals surface area contributed by atoms with Crippen LogP contribution < -0.4 is 16.3 Å². The molecule has 3 rings (SSSR count). The molecule has 1 aromatic heterocycles. The summed E-state index contributed by atoms with van der Waals surface area (Å²) in [7, 11) is 1.53. The summed E-state index contributed by atoms with van der Waals surface area (Å²) in [4.78, 5) is 36.6. The zero-order chi connectivity index (χ0) is 18.7. The first-order chi connectivity index (χ1) is 12.5. The molecule has 0 saturated carbocycles. The van der Waals surface area contributed by atoms with E-state index in [2.05, 4.69) is 10.6 Å². The zero-order valence-corrected chi connectivity index (χ0v) is 14.6. The van der Waals surface area contributed by atoms with Gasteiger partial charge in [-0.05, 0) is 43.2 Å². The molecule has 136 valence electrons. The van der Waals surface area contributed by atoms with Crippen molar-refractivity contribution in [2.24, 2.45) is 0 Å². The Morgan fingerprint density at radius 3 is 2.65 bits per heavy atom. The number of nitrogens with one attached hydrogen (secondary N) is 2. The lowest BCUT2D eigenvalue weighted by molar-refractivity contribution is 0.0961. The van der Waals surface area contributed by atoms with E-state index in [1.54, 1.807) is 31.2 Å².